The summed E-state index contributed by atoms with van der Waals surface area (Å²) in [6.07, 6.45) is -5.22. The van der Waals surface area contributed by atoms with Crippen molar-refractivity contribution in [3.8, 4) is 0 Å². The molecule has 0 saturated heterocycles. The summed E-state index contributed by atoms with van der Waals surface area (Å²) in [7, 11) is 0. The largest absolute Gasteiger partial charge is 0.390 e. The van der Waals surface area contributed by atoms with E-state index in [0.29, 0.717) is 5.56 Å². The van der Waals surface area contributed by atoms with Gasteiger partial charge in [0.2, 0.25) is 0 Å². The fourth-order valence-electron chi connectivity index (χ4n) is 1.10. The molecule has 0 aromatic heterocycles. The lowest BCUT2D eigenvalue weighted by Crippen LogP contribution is -2.20. The minimum atomic E-state index is -4.22. The van der Waals surface area contributed by atoms with Crippen LogP contribution in [0.25, 0.3) is 0 Å². The Labute approximate surface area is 100 Å². The van der Waals surface area contributed by atoms with Crippen molar-refractivity contribution >= 4 is 28.3 Å². The quantitative estimate of drug-likeness (QED) is 0.883. The third-order valence-corrected chi connectivity index (χ3v) is 2.22. The van der Waals surface area contributed by atoms with E-state index in [1.54, 1.807) is 24.3 Å². The van der Waals surface area contributed by atoms with E-state index in [0.717, 1.165) is 4.47 Å². The third kappa shape index (κ3) is 5.39. The highest BCUT2D eigenvalue weighted by atomic mass is 79.9. The lowest BCUT2D eigenvalue weighted by molar-refractivity contribution is -0.138. The molecule has 0 bridgehead atoms. The first-order chi connectivity index (χ1) is 6.38. The zero-order chi connectivity index (χ0) is 10.8. The summed E-state index contributed by atoms with van der Waals surface area (Å²) in [5, 5.41) is 0. The van der Waals surface area contributed by atoms with Crippen molar-refractivity contribution in [2.24, 2.45) is 5.73 Å². The van der Waals surface area contributed by atoms with Gasteiger partial charge in [-0.25, -0.2) is 0 Å². The summed E-state index contributed by atoms with van der Waals surface area (Å²) >= 11 is 3.17. The van der Waals surface area contributed by atoms with Crippen molar-refractivity contribution in [3.63, 3.8) is 0 Å². The van der Waals surface area contributed by atoms with Gasteiger partial charge < -0.3 is 5.73 Å². The van der Waals surface area contributed by atoms with Gasteiger partial charge in [0, 0.05) is 10.5 Å². The zero-order valence-electron chi connectivity index (χ0n) is 7.59. The van der Waals surface area contributed by atoms with E-state index in [1.165, 1.54) is 0 Å². The molecule has 15 heavy (non-hydrogen) atoms. The molecule has 1 atom stereocenters. The van der Waals surface area contributed by atoms with Crippen LogP contribution < -0.4 is 5.73 Å². The number of rotatable bonds is 2. The predicted octanol–water partition coefficient (Wildman–Crippen LogP) is 3.82. The first-order valence-electron chi connectivity index (χ1n) is 3.96. The Morgan fingerprint density at radius 2 is 1.93 bits per heavy atom. The van der Waals surface area contributed by atoms with E-state index < -0.39 is 18.6 Å². The van der Waals surface area contributed by atoms with E-state index in [1.807, 2.05) is 0 Å². The molecule has 6 heteroatoms. The molecule has 86 valence electrons. The molecule has 0 saturated carbocycles. The molecule has 0 spiro atoms. The van der Waals surface area contributed by atoms with E-state index in [4.69, 9.17) is 5.73 Å². The van der Waals surface area contributed by atoms with Crippen molar-refractivity contribution in [2.45, 2.75) is 18.6 Å². The summed E-state index contributed by atoms with van der Waals surface area (Å²) in [6.45, 7) is 0. The van der Waals surface area contributed by atoms with Gasteiger partial charge in [-0.1, -0.05) is 28.1 Å². The number of alkyl halides is 3. The van der Waals surface area contributed by atoms with Crippen molar-refractivity contribution in [1.82, 2.24) is 0 Å². The Kier molecular flexibility index (Phi) is 5.62. The molecule has 1 aromatic carbocycles. The maximum absolute atomic E-state index is 12.0. The Morgan fingerprint density at radius 1 is 1.33 bits per heavy atom. The third-order valence-electron chi connectivity index (χ3n) is 1.73. The molecular formula is C9H10BrClF3N. The van der Waals surface area contributed by atoms with Crippen LogP contribution >= 0.6 is 28.3 Å². The molecule has 2 N–H and O–H groups in total. The maximum atomic E-state index is 12.0. The van der Waals surface area contributed by atoms with Crippen LogP contribution in [0.5, 0.6) is 0 Å². The van der Waals surface area contributed by atoms with E-state index in [2.05, 4.69) is 15.9 Å². The summed E-state index contributed by atoms with van der Waals surface area (Å²) in [6, 6.07) is 5.59. The molecule has 1 nitrogen and oxygen atoms in total. The van der Waals surface area contributed by atoms with Gasteiger partial charge in [-0.3, -0.25) is 0 Å². The molecule has 0 radical (unpaired) electrons. The Hall–Kier alpha value is -0.260. The van der Waals surface area contributed by atoms with Crippen LogP contribution in [0, 0.1) is 0 Å². The fraction of sp³-hybridized carbons (Fsp3) is 0.333. The van der Waals surface area contributed by atoms with Crippen molar-refractivity contribution in [2.75, 3.05) is 0 Å². The van der Waals surface area contributed by atoms with Crippen LogP contribution in [-0.4, -0.2) is 6.18 Å². The maximum Gasteiger partial charge on any atom is 0.390 e. The highest BCUT2D eigenvalue weighted by Gasteiger charge is 2.30. The molecule has 0 heterocycles. The second-order valence-electron chi connectivity index (χ2n) is 2.98. The lowest BCUT2D eigenvalue weighted by atomic mass is 10.1. The molecule has 0 amide bonds. The summed E-state index contributed by atoms with van der Waals surface area (Å²) in [4.78, 5) is 0. The second-order valence-corrected chi connectivity index (χ2v) is 3.90. The topological polar surface area (TPSA) is 26.0 Å². The van der Waals surface area contributed by atoms with Gasteiger partial charge in [0.25, 0.3) is 0 Å². The van der Waals surface area contributed by atoms with Crippen LogP contribution in [0.3, 0.4) is 0 Å². The normalized spacial score (nSPS) is 13.1. The van der Waals surface area contributed by atoms with Gasteiger partial charge in [0.15, 0.2) is 0 Å². The van der Waals surface area contributed by atoms with Crippen LogP contribution in [0.15, 0.2) is 28.7 Å². The summed E-state index contributed by atoms with van der Waals surface area (Å²) < 4.78 is 36.7. The molecule has 0 aliphatic carbocycles. The molecule has 1 rings (SSSR count). The van der Waals surface area contributed by atoms with Crippen LogP contribution in [0.2, 0.25) is 0 Å². The van der Waals surface area contributed by atoms with Crippen LogP contribution in [-0.2, 0) is 0 Å². The number of nitrogens with two attached hydrogens (primary N) is 1. The standard InChI is InChI=1S/C9H9BrF3N.ClH/c10-7-3-1-2-6(4-7)8(14)5-9(11,12)13;/h1-4,8H,5,14H2;1H/t8-;/m0./s1. The smallest absolute Gasteiger partial charge is 0.324 e. The average Bonchev–Trinajstić information content (AvgIpc) is 2.01. The van der Waals surface area contributed by atoms with Crippen LogP contribution in [0.1, 0.15) is 18.0 Å². The zero-order valence-corrected chi connectivity index (χ0v) is 9.99. The Morgan fingerprint density at radius 3 is 2.40 bits per heavy atom. The Bertz CT molecular complexity index is 316. The molecule has 0 aliphatic heterocycles. The summed E-state index contributed by atoms with van der Waals surface area (Å²) in [5.74, 6) is 0. The molecule has 0 unspecified atom stereocenters. The highest BCUT2D eigenvalue weighted by Crippen LogP contribution is 2.28. The highest BCUT2D eigenvalue weighted by molar-refractivity contribution is 9.10. The monoisotopic (exact) mass is 303 g/mol. The number of hydrogen-bond donors (Lipinski definition) is 1. The number of hydrogen-bond acceptors (Lipinski definition) is 1. The van der Waals surface area contributed by atoms with Gasteiger partial charge in [-0.05, 0) is 17.7 Å². The lowest BCUT2D eigenvalue weighted by Gasteiger charge is -2.14. The predicted molar refractivity (Wildman–Crippen MR) is 59.0 cm³/mol. The van der Waals surface area contributed by atoms with E-state index in [-0.39, 0.29) is 12.4 Å². The average molecular weight is 305 g/mol. The van der Waals surface area contributed by atoms with Gasteiger partial charge in [0.05, 0.1) is 6.42 Å². The van der Waals surface area contributed by atoms with Gasteiger partial charge in [-0.2, -0.15) is 13.2 Å². The number of halogens is 5. The van der Waals surface area contributed by atoms with Gasteiger partial charge >= 0.3 is 6.18 Å². The number of benzene rings is 1. The van der Waals surface area contributed by atoms with E-state index >= 15 is 0 Å². The molecule has 0 fully saturated rings. The van der Waals surface area contributed by atoms with Gasteiger partial charge in [0.1, 0.15) is 0 Å². The second kappa shape index (κ2) is 5.72. The molecule has 0 aliphatic rings. The summed E-state index contributed by atoms with van der Waals surface area (Å²) in [5.41, 5.74) is 5.89. The molecule has 1 aromatic rings. The SMILES string of the molecule is Cl.N[C@@H](CC(F)(F)F)c1cccc(Br)c1. The van der Waals surface area contributed by atoms with Crippen molar-refractivity contribution in [1.29, 1.82) is 0 Å². The molecular weight excluding hydrogens is 294 g/mol. The van der Waals surface area contributed by atoms with Crippen molar-refractivity contribution in [3.05, 3.63) is 34.3 Å². The van der Waals surface area contributed by atoms with E-state index in [9.17, 15) is 13.2 Å². The Balaban J connectivity index is 0.00000196. The van der Waals surface area contributed by atoms with Crippen molar-refractivity contribution < 1.29 is 13.2 Å². The first kappa shape index (κ1) is 14.7. The minimum absolute atomic E-state index is 0. The van der Waals surface area contributed by atoms with Crippen LogP contribution in [0.4, 0.5) is 13.2 Å². The first-order valence-corrected chi connectivity index (χ1v) is 4.75. The fourth-order valence-corrected chi connectivity index (χ4v) is 1.52. The van der Waals surface area contributed by atoms with Gasteiger partial charge in [-0.15, -0.1) is 12.4 Å². The minimum Gasteiger partial charge on any atom is -0.324 e.